The number of aryl methyl sites for hydroxylation is 1. The Balaban J connectivity index is 2.72. The van der Waals surface area contributed by atoms with Crippen LogP contribution in [0.3, 0.4) is 0 Å². The van der Waals surface area contributed by atoms with Gasteiger partial charge in [-0.1, -0.05) is 0 Å². The van der Waals surface area contributed by atoms with Gasteiger partial charge in [0, 0.05) is 7.05 Å². The predicted octanol–water partition coefficient (Wildman–Crippen LogP) is 2.44. The summed E-state index contributed by atoms with van der Waals surface area (Å²) < 4.78 is 28.7. The van der Waals surface area contributed by atoms with Gasteiger partial charge in [-0.25, -0.2) is 0 Å². The van der Waals surface area contributed by atoms with E-state index < -0.39 is 5.43 Å². The van der Waals surface area contributed by atoms with Crippen molar-refractivity contribution in [1.82, 2.24) is 4.57 Å². The lowest BCUT2D eigenvalue weighted by Gasteiger charge is -2.21. The van der Waals surface area contributed by atoms with Gasteiger partial charge >= 0.3 is 0 Å². The summed E-state index contributed by atoms with van der Waals surface area (Å²) in [6.07, 6.45) is 0. The molecule has 3 aromatic rings. The van der Waals surface area contributed by atoms with Crippen molar-refractivity contribution in [1.29, 1.82) is 0 Å². The maximum atomic E-state index is 13.2. The third kappa shape index (κ3) is 2.40. The van der Waals surface area contributed by atoms with Gasteiger partial charge in [0.1, 0.15) is 5.52 Å². The maximum absolute atomic E-state index is 13.2. The molecule has 0 atom stereocenters. The van der Waals surface area contributed by atoms with Gasteiger partial charge in [0.05, 0.1) is 51.8 Å². The summed E-state index contributed by atoms with van der Waals surface area (Å²) >= 11 is 0. The fraction of sp³-hybridized carbons (Fsp3) is 0.316. The maximum Gasteiger partial charge on any atom is 0.209 e. The van der Waals surface area contributed by atoms with E-state index in [1.165, 1.54) is 35.5 Å². The van der Waals surface area contributed by atoms with E-state index in [0.29, 0.717) is 27.9 Å². The average Bonchev–Trinajstić information content (AvgIpc) is 2.69. The van der Waals surface area contributed by atoms with E-state index in [4.69, 9.17) is 23.7 Å². The molecule has 0 spiro atoms. The second kappa shape index (κ2) is 6.79. The zero-order chi connectivity index (χ0) is 19.9. The quantitative estimate of drug-likeness (QED) is 0.685. The normalized spacial score (nSPS) is 10.9. The van der Waals surface area contributed by atoms with Gasteiger partial charge in [-0.15, -0.1) is 0 Å². The first kappa shape index (κ1) is 18.5. The topological polar surface area (TPSA) is 88.4 Å². The molecule has 8 heteroatoms. The van der Waals surface area contributed by atoms with Crippen molar-refractivity contribution in [2.75, 3.05) is 35.5 Å². The molecular weight excluding hydrogens is 354 g/mol. The van der Waals surface area contributed by atoms with Crippen LogP contribution in [0.1, 0.15) is 0 Å². The molecule has 0 aliphatic heterocycles. The molecule has 2 aromatic carbocycles. The number of ether oxygens (including phenoxy) is 5. The summed E-state index contributed by atoms with van der Waals surface area (Å²) in [5, 5.41) is 11.2. The molecule has 1 N–H and O–H groups in total. The minimum atomic E-state index is -0.393. The van der Waals surface area contributed by atoms with Crippen LogP contribution in [0, 0.1) is 0 Å². The third-order valence-corrected chi connectivity index (χ3v) is 4.59. The van der Waals surface area contributed by atoms with E-state index in [0.717, 1.165) is 0 Å². The van der Waals surface area contributed by atoms with E-state index in [2.05, 4.69) is 0 Å². The van der Waals surface area contributed by atoms with Crippen molar-refractivity contribution in [3.8, 4) is 34.5 Å². The van der Waals surface area contributed by atoms with Crippen LogP contribution in [0.4, 0.5) is 0 Å². The first-order chi connectivity index (χ1) is 13.0. The molecule has 0 bridgehead atoms. The zero-order valence-corrected chi connectivity index (χ0v) is 16.0. The molecule has 1 heterocycles. The van der Waals surface area contributed by atoms with Gasteiger partial charge < -0.3 is 33.4 Å². The molecular formula is C19H21NO7. The number of benzene rings is 2. The van der Waals surface area contributed by atoms with E-state index in [1.54, 1.807) is 23.7 Å². The Labute approximate surface area is 155 Å². The molecule has 0 fully saturated rings. The number of aromatic hydroxyl groups is 1. The highest BCUT2D eigenvalue weighted by molar-refractivity contribution is 6.04. The Kier molecular flexibility index (Phi) is 4.65. The Morgan fingerprint density at radius 2 is 1.37 bits per heavy atom. The Hall–Kier alpha value is -3.29. The summed E-state index contributed by atoms with van der Waals surface area (Å²) in [5.41, 5.74) is 0.451. The predicted molar refractivity (Wildman–Crippen MR) is 101 cm³/mol. The number of pyridine rings is 1. The molecule has 0 saturated heterocycles. The van der Waals surface area contributed by atoms with Crippen LogP contribution < -0.4 is 29.1 Å². The number of nitrogens with zero attached hydrogens (tertiary/aromatic N) is 1. The Morgan fingerprint density at radius 3 is 1.89 bits per heavy atom. The second-order valence-electron chi connectivity index (χ2n) is 5.76. The SMILES string of the molecule is COc1ccc2c(=O)c3c(O)c(OC)c(OC)c(OC)c3n(C)c2c1OC. The Bertz CT molecular complexity index is 1100. The minimum Gasteiger partial charge on any atom is -0.504 e. The van der Waals surface area contributed by atoms with Crippen LogP contribution in [0.2, 0.25) is 0 Å². The van der Waals surface area contributed by atoms with Gasteiger partial charge in [0.2, 0.25) is 16.9 Å². The number of rotatable bonds is 5. The number of hydrogen-bond donors (Lipinski definition) is 1. The third-order valence-electron chi connectivity index (χ3n) is 4.59. The van der Waals surface area contributed by atoms with Crippen LogP contribution in [0.15, 0.2) is 16.9 Å². The highest BCUT2D eigenvalue weighted by Crippen LogP contribution is 2.50. The smallest absolute Gasteiger partial charge is 0.209 e. The molecule has 0 aliphatic carbocycles. The van der Waals surface area contributed by atoms with E-state index in [-0.39, 0.29) is 28.4 Å². The van der Waals surface area contributed by atoms with Crippen molar-refractivity contribution in [3.05, 3.63) is 22.4 Å². The zero-order valence-electron chi connectivity index (χ0n) is 16.0. The first-order valence-corrected chi connectivity index (χ1v) is 8.04. The lowest BCUT2D eigenvalue weighted by atomic mass is 10.1. The minimum absolute atomic E-state index is 0.0266. The van der Waals surface area contributed by atoms with Crippen LogP contribution in [-0.4, -0.2) is 45.2 Å². The Morgan fingerprint density at radius 1 is 0.778 bits per heavy atom. The fourth-order valence-electron chi connectivity index (χ4n) is 3.43. The number of fused-ring (bicyclic) bond motifs is 2. The van der Waals surface area contributed by atoms with Crippen LogP contribution in [-0.2, 0) is 7.05 Å². The summed E-state index contributed by atoms with van der Waals surface area (Å²) in [6.45, 7) is 0. The van der Waals surface area contributed by atoms with Crippen LogP contribution >= 0.6 is 0 Å². The number of methoxy groups -OCH3 is 5. The second-order valence-corrected chi connectivity index (χ2v) is 5.76. The number of hydrogen-bond acceptors (Lipinski definition) is 7. The molecule has 0 radical (unpaired) electrons. The number of phenols is 1. The fourth-order valence-corrected chi connectivity index (χ4v) is 3.43. The molecule has 27 heavy (non-hydrogen) atoms. The van der Waals surface area contributed by atoms with Gasteiger partial charge in [-0.05, 0) is 12.1 Å². The molecule has 144 valence electrons. The van der Waals surface area contributed by atoms with Crippen molar-refractivity contribution < 1.29 is 28.8 Å². The number of aromatic nitrogens is 1. The van der Waals surface area contributed by atoms with Gasteiger partial charge in [0.25, 0.3) is 0 Å². The van der Waals surface area contributed by atoms with E-state index in [1.807, 2.05) is 0 Å². The van der Waals surface area contributed by atoms with Gasteiger partial charge in [-0.3, -0.25) is 4.79 Å². The van der Waals surface area contributed by atoms with Gasteiger partial charge in [0.15, 0.2) is 23.0 Å². The molecule has 0 aliphatic rings. The van der Waals surface area contributed by atoms with Crippen molar-refractivity contribution >= 4 is 21.8 Å². The summed E-state index contributed by atoms with van der Waals surface area (Å²) in [5.74, 6) is 1.02. The standard InChI is InChI=1S/C19H21NO7/c1-20-12-9(7-8-10(23-2)16(12)24-3)14(21)11-13(20)17(25-4)19(27-6)18(26-5)15(11)22/h7-8,22H,1-6H3. The van der Waals surface area contributed by atoms with Crippen molar-refractivity contribution in [2.24, 2.45) is 7.05 Å². The van der Waals surface area contributed by atoms with Crippen molar-refractivity contribution in [3.63, 3.8) is 0 Å². The highest BCUT2D eigenvalue weighted by atomic mass is 16.5. The molecule has 0 saturated carbocycles. The molecule has 3 rings (SSSR count). The molecule has 0 unspecified atom stereocenters. The summed E-state index contributed by atoms with van der Waals surface area (Å²) in [4.78, 5) is 13.2. The summed E-state index contributed by atoms with van der Waals surface area (Å²) in [7, 11) is 9.00. The lowest BCUT2D eigenvalue weighted by Crippen LogP contribution is -2.13. The van der Waals surface area contributed by atoms with E-state index in [9.17, 15) is 9.90 Å². The summed E-state index contributed by atoms with van der Waals surface area (Å²) in [6, 6.07) is 3.27. The lowest BCUT2D eigenvalue weighted by molar-refractivity contribution is 0.313. The largest absolute Gasteiger partial charge is 0.504 e. The average molecular weight is 375 g/mol. The van der Waals surface area contributed by atoms with Crippen LogP contribution in [0.5, 0.6) is 34.5 Å². The van der Waals surface area contributed by atoms with Crippen LogP contribution in [0.25, 0.3) is 21.8 Å². The molecule has 8 nitrogen and oxygen atoms in total. The molecule has 1 aromatic heterocycles. The first-order valence-electron chi connectivity index (χ1n) is 8.04. The van der Waals surface area contributed by atoms with E-state index >= 15 is 0 Å². The molecule has 0 amide bonds. The highest BCUT2D eigenvalue weighted by Gasteiger charge is 2.28. The number of phenolic OH excluding ortho intramolecular Hbond substituents is 1. The van der Waals surface area contributed by atoms with Crippen molar-refractivity contribution in [2.45, 2.75) is 0 Å². The monoisotopic (exact) mass is 375 g/mol. The van der Waals surface area contributed by atoms with Gasteiger partial charge in [-0.2, -0.15) is 0 Å².